The average Bonchev–Trinajstić information content (AvgIpc) is 3.03. The first-order valence-corrected chi connectivity index (χ1v) is 4.62. The zero-order valence-electron chi connectivity index (χ0n) is 9.22. The third-order valence-electron chi connectivity index (χ3n) is 1.18. The van der Waals surface area contributed by atoms with Crippen molar-refractivity contribution >= 4 is 11.9 Å². The summed E-state index contributed by atoms with van der Waals surface area (Å²) in [6, 6.07) is 0. The lowest BCUT2D eigenvalue weighted by Gasteiger charge is -1.74. The highest BCUT2D eigenvalue weighted by molar-refractivity contribution is 5.89. The molecule has 4 N–H and O–H groups in total. The lowest BCUT2D eigenvalue weighted by Crippen LogP contribution is -1.91. The summed E-state index contributed by atoms with van der Waals surface area (Å²) in [4.78, 5) is 31.9. The van der Waals surface area contributed by atoms with Crippen LogP contribution in [0.1, 0.15) is 0 Å². The van der Waals surface area contributed by atoms with Crippen molar-refractivity contribution in [1.82, 2.24) is 19.9 Å². The van der Waals surface area contributed by atoms with Crippen molar-refractivity contribution in [1.29, 1.82) is 0 Å². The van der Waals surface area contributed by atoms with Gasteiger partial charge in [-0.3, -0.25) is 0 Å². The minimum Gasteiger partial charge on any atom is -0.478 e. The molecule has 8 nitrogen and oxygen atoms in total. The van der Waals surface area contributed by atoms with E-state index in [1.54, 1.807) is 37.4 Å². The van der Waals surface area contributed by atoms with Crippen LogP contribution in [0.4, 0.5) is 0 Å². The molecular formula is C10H12N4O4. The topological polar surface area (TPSA) is 132 Å². The summed E-state index contributed by atoms with van der Waals surface area (Å²) in [6.07, 6.45) is 11.3. The number of rotatable bonds is 2. The monoisotopic (exact) mass is 252 g/mol. The fraction of sp³-hybridized carbons (Fsp3) is 0. The second-order valence-electron chi connectivity index (χ2n) is 2.53. The van der Waals surface area contributed by atoms with E-state index in [9.17, 15) is 9.59 Å². The van der Waals surface area contributed by atoms with Crippen LogP contribution in [-0.4, -0.2) is 42.1 Å². The molecule has 0 radical (unpaired) electrons. The molecule has 0 amide bonds. The number of imidazole rings is 2. The Morgan fingerprint density at radius 3 is 1.39 bits per heavy atom. The van der Waals surface area contributed by atoms with Crippen LogP contribution in [0.3, 0.4) is 0 Å². The van der Waals surface area contributed by atoms with Gasteiger partial charge in [0.1, 0.15) is 0 Å². The maximum absolute atomic E-state index is 9.55. The first-order valence-electron chi connectivity index (χ1n) is 4.62. The van der Waals surface area contributed by atoms with Crippen LogP contribution in [0, 0.1) is 0 Å². The second-order valence-corrected chi connectivity index (χ2v) is 2.53. The molecule has 0 atom stereocenters. The van der Waals surface area contributed by atoms with Crippen molar-refractivity contribution in [2.45, 2.75) is 0 Å². The lowest BCUT2D eigenvalue weighted by atomic mass is 10.5. The number of aromatic nitrogens is 4. The Balaban J connectivity index is 0.000000250. The molecule has 0 saturated carbocycles. The fourth-order valence-electron chi connectivity index (χ4n) is 0.573. The number of nitrogens with zero attached hydrogens (tertiary/aromatic N) is 2. The van der Waals surface area contributed by atoms with E-state index in [-0.39, 0.29) is 0 Å². The van der Waals surface area contributed by atoms with Gasteiger partial charge in [-0.1, -0.05) is 0 Å². The molecule has 2 aromatic rings. The normalized spacial score (nSPS) is 8.67. The average molecular weight is 252 g/mol. The van der Waals surface area contributed by atoms with E-state index >= 15 is 0 Å². The molecule has 0 aromatic carbocycles. The van der Waals surface area contributed by atoms with Gasteiger partial charge in [0.25, 0.3) is 0 Å². The van der Waals surface area contributed by atoms with Crippen LogP contribution in [-0.2, 0) is 9.59 Å². The molecule has 2 aromatic heterocycles. The van der Waals surface area contributed by atoms with E-state index in [4.69, 9.17) is 10.2 Å². The first-order chi connectivity index (χ1) is 8.63. The molecule has 0 spiro atoms. The summed E-state index contributed by atoms with van der Waals surface area (Å²) >= 11 is 0. The van der Waals surface area contributed by atoms with Gasteiger partial charge in [0.2, 0.25) is 0 Å². The number of nitrogens with one attached hydrogen (secondary N) is 2. The Bertz CT molecular complexity index is 360. The number of hydrogen-bond donors (Lipinski definition) is 4. The number of carbonyl (C=O) groups is 2. The van der Waals surface area contributed by atoms with E-state index in [0.29, 0.717) is 12.2 Å². The van der Waals surface area contributed by atoms with Crippen LogP contribution in [0.5, 0.6) is 0 Å². The zero-order chi connectivity index (χ0) is 13.6. The highest BCUT2D eigenvalue weighted by Gasteiger charge is 1.88. The molecule has 0 unspecified atom stereocenters. The maximum Gasteiger partial charge on any atom is 0.328 e. The van der Waals surface area contributed by atoms with Crippen LogP contribution >= 0.6 is 0 Å². The Morgan fingerprint density at radius 1 is 0.889 bits per heavy atom. The predicted octanol–water partition coefficient (Wildman–Crippen LogP) is 0.531. The van der Waals surface area contributed by atoms with Crippen molar-refractivity contribution in [3.8, 4) is 0 Å². The molecule has 96 valence electrons. The fourth-order valence-corrected chi connectivity index (χ4v) is 0.573. The molecule has 8 heteroatoms. The number of aromatic amines is 2. The maximum atomic E-state index is 9.55. The van der Waals surface area contributed by atoms with Gasteiger partial charge in [-0.15, -0.1) is 0 Å². The predicted molar refractivity (Wildman–Crippen MR) is 61.6 cm³/mol. The lowest BCUT2D eigenvalue weighted by molar-refractivity contribution is -0.134. The van der Waals surface area contributed by atoms with Crippen molar-refractivity contribution in [2.75, 3.05) is 0 Å². The number of hydrogen-bond acceptors (Lipinski definition) is 4. The zero-order valence-corrected chi connectivity index (χ0v) is 9.22. The summed E-state index contributed by atoms with van der Waals surface area (Å²) in [6.45, 7) is 0. The van der Waals surface area contributed by atoms with Gasteiger partial charge in [-0.25, -0.2) is 19.6 Å². The van der Waals surface area contributed by atoms with E-state index < -0.39 is 11.9 Å². The van der Waals surface area contributed by atoms with Crippen molar-refractivity contribution in [3.63, 3.8) is 0 Å². The molecular weight excluding hydrogens is 240 g/mol. The third kappa shape index (κ3) is 13.1. The third-order valence-corrected chi connectivity index (χ3v) is 1.18. The summed E-state index contributed by atoms with van der Waals surface area (Å²) in [5.41, 5.74) is 0. The first kappa shape index (κ1) is 15.1. The molecule has 0 fully saturated rings. The highest BCUT2D eigenvalue weighted by Crippen LogP contribution is 1.70. The smallest absolute Gasteiger partial charge is 0.328 e. The van der Waals surface area contributed by atoms with E-state index in [0.717, 1.165) is 0 Å². The van der Waals surface area contributed by atoms with Gasteiger partial charge in [-0.2, -0.15) is 0 Å². The van der Waals surface area contributed by atoms with Crippen LogP contribution in [0.2, 0.25) is 0 Å². The van der Waals surface area contributed by atoms with E-state index in [1.165, 1.54) is 0 Å². The van der Waals surface area contributed by atoms with E-state index in [1.807, 2.05) is 0 Å². The number of aliphatic carboxylic acids is 2. The Morgan fingerprint density at radius 2 is 1.28 bits per heavy atom. The molecule has 0 aliphatic rings. The molecule has 18 heavy (non-hydrogen) atoms. The molecule has 2 rings (SSSR count). The van der Waals surface area contributed by atoms with Crippen LogP contribution < -0.4 is 0 Å². The highest BCUT2D eigenvalue weighted by atomic mass is 16.4. The van der Waals surface area contributed by atoms with Gasteiger partial charge in [0, 0.05) is 36.9 Å². The largest absolute Gasteiger partial charge is 0.478 e. The summed E-state index contributed by atoms with van der Waals surface area (Å²) in [5.74, 6) is -2.51. The standard InChI is InChI=1S/C4H4O4.2C3H4N2/c5-3(6)1-2-4(7)8;2*1-2-5-3-4-1/h1-2H,(H,5,6)(H,7,8);2*1-3H,(H,4,5)/b2-1+;;. The molecule has 0 saturated heterocycles. The minimum absolute atomic E-state index is 0.558. The molecule has 0 aliphatic heterocycles. The molecule has 0 bridgehead atoms. The summed E-state index contributed by atoms with van der Waals surface area (Å²) in [5, 5.41) is 15.6. The van der Waals surface area contributed by atoms with E-state index in [2.05, 4.69) is 19.9 Å². The van der Waals surface area contributed by atoms with Crippen molar-refractivity contribution in [2.24, 2.45) is 0 Å². The summed E-state index contributed by atoms with van der Waals surface area (Å²) < 4.78 is 0. The SMILES string of the molecule is O=C(O)/C=C/C(=O)O.c1c[nH]cn1.c1c[nH]cn1. The van der Waals surface area contributed by atoms with Gasteiger partial charge in [0.05, 0.1) is 12.7 Å². The summed E-state index contributed by atoms with van der Waals surface area (Å²) in [7, 11) is 0. The second kappa shape index (κ2) is 10.6. The quantitative estimate of drug-likeness (QED) is 0.576. The number of H-pyrrole nitrogens is 2. The van der Waals surface area contributed by atoms with Gasteiger partial charge < -0.3 is 20.2 Å². The molecule has 0 aliphatic carbocycles. The van der Waals surface area contributed by atoms with Crippen LogP contribution in [0.25, 0.3) is 0 Å². The number of carboxylic acid groups (broad SMARTS) is 2. The Hall–Kier alpha value is -2.90. The molecule has 2 heterocycles. The van der Waals surface area contributed by atoms with Gasteiger partial charge in [0.15, 0.2) is 0 Å². The van der Waals surface area contributed by atoms with Gasteiger partial charge >= 0.3 is 11.9 Å². The van der Waals surface area contributed by atoms with Gasteiger partial charge in [-0.05, 0) is 0 Å². The van der Waals surface area contributed by atoms with Crippen molar-refractivity contribution < 1.29 is 19.8 Å². The Labute approximate surface area is 102 Å². The Kier molecular flexibility index (Phi) is 8.90. The minimum atomic E-state index is -1.26. The van der Waals surface area contributed by atoms with Crippen molar-refractivity contribution in [3.05, 3.63) is 49.6 Å². The number of carboxylic acids is 2. The van der Waals surface area contributed by atoms with Crippen LogP contribution in [0.15, 0.2) is 49.6 Å².